The zero-order chi connectivity index (χ0) is 17.2. The molecule has 2 aromatic carbocycles. The lowest BCUT2D eigenvalue weighted by atomic mass is 10.2. The second kappa shape index (κ2) is 9.67. The molecule has 0 aliphatic rings. The van der Waals surface area contributed by atoms with Gasteiger partial charge < -0.3 is 14.8 Å². The fraction of sp³-hybridized carbons (Fsp3) is 0.211. The van der Waals surface area contributed by atoms with Gasteiger partial charge in [0.25, 0.3) is 5.91 Å². The van der Waals surface area contributed by atoms with Crippen molar-refractivity contribution in [1.29, 1.82) is 0 Å². The van der Waals surface area contributed by atoms with E-state index in [1.165, 1.54) is 4.90 Å². The van der Waals surface area contributed by atoms with Crippen molar-refractivity contribution in [2.75, 3.05) is 26.0 Å². The summed E-state index contributed by atoms with van der Waals surface area (Å²) in [4.78, 5) is 13.4. The highest BCUT2D eigenvalue weighted by molar-refractivity contribution is 7.99. The number of carbonyl (C=O) groups excluding carboxylic acids is 1. The van der Waals surface area contributed by atoms with Gasteiger partial charge in [-0.3, -0.25) is 4.79 Å². The molecule has 0 spiro atoms. The molecule has 0 atom stereocenters. The Morgan fingerprint density at radius 3 is 2.71 bits per heavy atom. The summed E-state index contributed by atoms with van der Waals surface area (Å²) < 4.78 is 10.8. The van der Waals surface area contributed by atoms with Gasteiger partial charge in [-0.1, -0.05) is 30.9 Å². The Hall–Kier alpha value is -2.40. The third-order valence-corrected chi connectivity index (χ3v) is 4.20. The maximum absolute atomic E-state index is 12.2. The minimum Gasteiger partial charge on any atom is -0.493 e. The van der Waals surface area contributed by atoms with Crippen LogP contribution in [-0.2, 0) is 0 Å². The van der Waals surface area contributed by atoms with E-state index >= 15 is 0 Å². The van der Waals surface area contributed by atoms with Gasteiger partial charge in [-0.25, -0.2) is 0 Å². The van der Waals surface area contributed by atoms with Crippen molar-refractivity contribution in [3.05, 3.63) is 66.7 Å². The van der Waals surface area contributed by atoms with E-state index < -0.39 is 0 Å². The van der Waals surface area contributed by atoms with Crippen molar-refractivity contribution < 1.29 is 14.3 Å². The summed E-state index contributed by atoms with van der Waals surface area (Å²) >= 11 is 1.71. The molecule has 0 saturated heterocycles. The summed E-state index contributed by atoms with van der Waals surface area (Å²) in [5.41, 5.74) is 0.544. The van der Waals surface area contributed by atoms with Crippen LogP contribution in [0.4, 0.5) is 0 Å². The number of carbonyl (C=O) groups is 1. The molecular formula is C19H21NO3S. The second-order valence-corrected chi connectivity index (χ2v) is 6.05. The van der Waals surface area contributed by atoms with Gasteiger partial charge in [-0.05, 0) is 30.3 Å². The summed E-state index contributed by atoms with van der Waals surface area (Å²) in [6.07, 6.45) is 1.66. The molecule has 24 heavy (non-hydrogen) atoms. The molecule has 0 bridgehead atoms. The molecule has 4 nitrogen and oxygen atoms in total. The number of ether oxygens (including phenoxy) is 2. The summed E-state index contributed by atoms with van der Waals surface area (Å²) in [6, 6.07) is 15.2. The van der Waals surface area contributed by atoms with Crippen LogP contribution in [-0.4, -0.2) is 31.9 Å². The third kappa shape index (κ3) is 5.35. The quantitative estimate of drug-likeness (QED) is 0.428. The average molecular weight is 343 g/mol. The van der Waals surface area contributed by atoms with E-state index in [1.807, 2.05) is 18.2 Å². The smallest absolute Gasteiger partial charge is 0.251 e. The van der Waals surface area contributed by atoms with Gasteiger partial charge in [-0.15, -0.1) is 11.8 Å². The van der Waals surface area contributed by atoms with E-state index in [-0.39, 0.29) is 5.91 Å². The van der Waals surface area contributed by atoms with Crippen LogP contribution in [0.15, 0.2) is 66.1 Å². The maximum atomic E-state index is 12.2. The first kappa shape index (κ1) is 17.9. The fourth-order valence-electron chi connectivity index (χ4n) is 2.03. The van der Waals surface area contributed by atoms with Crippen LogP contribution in [0.5, 0.6) is 11.5 Å². The van der Waals surface area contributed by atoms with Gasteiger partial charge in [0.15, 0.2) is 11.5 Å². The Morgan fingerprint density at radius 1 is 1.21 bits per heavy atom. The van der Waals surface area contributed by atoms with E-state index in [9.17, 15) is 4.79 Å². The lowest BCUT2D eigenvalue weighted by Crippen LogP contribution is -2.25. The Morgan fingerprint density at radius 2 is 2.00 bits per heavy atom. The topological polar surface area (TPSA) is 47.6 Å². The van der Waals surface area contributed by atoms with E-state index in [0.717, 1.165) is 5.75 Å². The Bertz CT molecular complexity index is 674. The minimum atomic E-state index is -0.128. The molecular weight excluding hydrogens is 322 g/mol. The monoisotopic (exact) mass is 343 g/mol. The summed E-state index contributed by atoms with van der Waals surface area (Å²) in [5.74, 6) is 1.81. The molecule has 0 saturated carbocycles. The van der Waals surface area contributed by atoms with Crippen LogP contribution in [0.3, 0.4) is 0 Å². The Labute approximate surface area is 146 Å². The van der Waals surface area contributed by atoms with Gasteiger partial charge in [-0.2, -0.15) is 0 Å². The van der Waals surface area contributed by atoms with Crippen LogP contribution in [0.1, 0.15) is 10.4 Å². The molecule has 126 valence electrons. The number of rotatable bonds is 9. The largest absolute Gasteiger partial charge is 0.493 e. The minimum absolute atomic E-state index is 0.128. The van der Waals surface area contributed by atoms with Crippen molar-refractivity contribution in [3.63, 3.8) is 0 Å². The summed E-state index contributed by atoms with van der Waals surface area (Å²) in [5, 5.41) is 2.91. The SMILES string of the molecule is C=CCOc1ccc(C(=O)NCCSc2ccccc2)cc1OC. The van der Waals surface area contributed by atoms with Crippen molar-refractivity contribution in [2.24, 2.45) is 0 Å². The van der Waals surface area contributed by atoms with Crippen molar-refractivity contribution >= 4 is 17.7 Å². The van der Waals surface area contributed by atoms with E-state index in [0.29, 0.717) is 30.2 Å². The molecule has 1 amide bonds. The first-order valence-electron chi connectivity index (χ1n) is 7.62. The Kier molecular flexibility index (Phi) is 7.23. The predicted molar refractivity (Wildman–Crippen MR) is 98.2 cm³/mol. The van der Waals surface area contributed by atoms with Gasteiger partial charge >= 0.3 is 0 Å². The lowest BCUT2D eigenvalue weighted by molar-refractivity contribution is 0.0955. The molecule has 0 aromatic heterocycles. The van der Waals surface area contributed by atoms with Gasteiger partial charge in [0, 0.05) is 22.8 Å². The van der Waals surface area contributed by atoms with Crippen LogP contribution in [0.25, 0.3) is 0 Å². The van der Waals surface area contributed by atoms with Crippen LogP contribution in [0.2, 0.25) is 0 Å². The van der Waals surface area contributed by atoms with E-state index in [1.54, 1.807) is 43.1 Å². The Balaban J connectivity index is 1.86. The number of hydrogen-bond donors (Lipinski definition) is 1. The van der Waals surface area contributed by atoms with Crippen LogP contribution in [0, 0.1) is 0 Å². The highest BCUT2D eigenvalue weighted by Gasteiger charge is 2.10. The number of amides is 1. The fourth-order valence-corrected chi connectivity index (χ4v) is 2.82. The zero-order valence-corrected chi connectivity index (χ0v) is 14.5. The second-order valence-electron chi connectivity index (χ2n) is 4.88. The molecule has 2 rings (SSSR count). The molecule has 2 aromatic rings. The van der Waals surface area contributed by atoms with Gasteiger partial charge in [0.05, 0.1) is 7.11 Å². The molecule has 0 unspecified atom stereocenters. The number of benzene rings is 2. The van der Waals surface area contributed by atoms with E-state index in [4.69, 9.17) is 9.47 Å². The highest BCUT2D eigenvalue weighted by Crippen LogP contribution is 2.28. The van der Waals surface area contributed by atoms with Gasteiger partial charge in [0.2, 0.25) is 0 Å². The highest BCUT2D eigenvalue weighted by atomic mass is 32.2. The molecule has 5 heteroatoms. The summed E-state index contributed by atoms with van der Waals surface area (Å²) in [6.45, 7) is 4.59. The van der Waals surface area contributed by atoms with Crippen LogP contribution < -0.4 is 14.8 Å². The molecule has 0 aliphatic heterocycles. The van der Waals surface area contributed by atoms with Crippen molar-refractivity contribution in [2.45, 2.75) is 4.90 Å². The van der Waals surface area contributed by atoms with E-state index in [2.05, 4.69) is 24.0 Å². The number of hydrogen-bond acceptors (Lipinski definition) is 4. The molecule has 0 radical (unpaired) electrons. The maximum Gasteiger partial charge on any atom is 0.251 e. The number of methoxy groups -OCH3 is 1. The van der Waals surface area contributed by atoms with Crippen molar-refractivity contribution in [3.8, 4) is 11.5 Å². The van der Waals surface area contributed by atoms with Gasteiger partial charge in [0.1, 0.15) is 6.61 Å². The number of nitrogens with one attached hydrogen (secondary N) is 1. The molecule has 1 N–H and O–H groups in total. The average Bonchev–Trinajstić information content (AvgIpc) is 2.64. The first-order valence-corrected chi connectivity index (χ1v) is 8.61. The molecule has 0 heterocycles. The predicted octanol–water partition coefficient (Wildman–Crippen LogP) is 3.78. The van der Waals surface area contributed by atoms with Crippen molar-refractivity contribution in [1.82, 2.24) is 5.32 Å². The zero-order valence-electron chi connectivity index (χ0n) is 13.7. The third-order valence-electron chi connectivity index (χ3n) is 3.18. The number of thioether (sulfide) groups is 1. The normalized spacial score (nSPS) is 10.0. The lowest BCUT2D eigenvalue weighted by Gasteiger charge is -2.11. The first-order chi connectivity index (χ1) is 11.7. The standard InChI is InChI=1S/C19H21NO3S/c1-3-12-23-17-10-9-15(14-18(17)22-2)19(21)20-11-13-24-16-7-5-4-6-8-16/h3-10,14H,1,11-13H2,2H3,(H,20,21). The molecule has 0 fully saturated rings. The summed E-state index contributed by atoms with van der Waals surface area (Å²) in [7, 11) is 1.55. The molecule has 0 aliphatic carbocycles. The van der Waals surface area contributed by atoms with Crippen LogP contribution >= 0.6 is 11.8 Å².